The van der Waals surface area contributed by atoms with Crippen molar-refractivity contribution in [1.29, 1.82) is 0 Å². The van der Waals surface area contributed by atoms with Gasteiger partial charge in [0.2, 0.25) is 15.9 Å². The first-order valence-corrected chi connectivity index (χ1v) is 7.97. The van der Waals surface area contributed by atoms with E-state index in [9.17, 15) is 31.5 Å². The van der Waals surface area contributed by atoms with Gasteiger partial charge in [0.1, 0.15) is 4.21 Å². The quantitative estimate of drug-likeness (QED) is 0.810. The Hall–Kier alpha value is -1.17. The SMILES string of the molecule is NS(=O)(=O)c1ccc(CC(=O)N2CC(O)(C(F)(F)F)C2)s1. The third kappa shape index (κ3) is 3.20. The van der Waals surface area contributed by atoms with E-state index in [2.05, 4.69) is 0 Å². The fourth-order valence-corrected chi connectivity index (χ4v) is 3.58. The average Bonchev–Trinajstić information content (AvgIpc) is 2.70. The lowest BCUT2D eigenvalue weighted by Crippen LogP contribution is -2.70. The summed E-state index contributed by atoms with van der Waals surface area (Å²) in [5.74, 6) is -0.619. The molecular weight excluding hydrogens is 333 g/mol. The van der Waals surface area contributed by atoms with Gasteiger partial charge in [-0.1, -0.05) is 0 Å². The summed E-state index contributed by atoms with van der Waals surface area (Å²) in [5.41, 5.74) is -2.86. The summed E-state index contributed by atoms with van der Waals surface area (Å²) in [5, 5.41) is 14.1. The van der Waals surface area contributed by atoms with Crippen molar-refractivity contribution >= 4 is 27.3 Å². The molecule has 0 spiro atoms. The van der Waals surface area contributed by atoms with Crippen molar-refractivity contribution in [2.45, 2.75) is 22.4 Å². The zero-order valence-electron chi connectivity index (χ0n) is 10.4. The Morgan fingerprint density at radius 1 is 1.43 bits per heavy atom. The Labute approximate surface area is 122 Å². The second-order valence-corrected chi connectivity index (χ2v) is 7.68. The molecule has 0 aromatic carbocycles. The summed E-state index contributed by atoms with van der Waals surface area (Å²) >= 11 is 0.780. The predicted octanol–water partition coefficient (Wildman–Crippen LogP) is 0.0736. The number of hydrogen-bond donors (Lipinski definition) is 2. The van der Waals surface area contributed by atoms with Crippen LogP contribution in [0.2, 0.25) is 0 Å². The molecule has 21 heavy (non-hydrogen) atoms. The Balaban J connectivity index is 1.97. The maximum absolute atomic E-state index is 12.4. The van der Waals surface area contributed by atoms with Crippen LogP contribution in [0, 0.1) is 0 Å². The topological polar surface area (TPSA) is 101 Å². The van der Waals surface area contributed by atoms with Gasteiger partial charge in [-0.3, -0.25) is 4.79 Å². The molecule has 1 amide bonds. The molecular formula is C10H11F3N2O4S2. The molecule has 0 unspecified atom stereocenters. The zero-order valence-corrected chi connectivity index (χ0v) is 12.1. The van der Waals surface area contributed by atoms with Gasteiger partial charge in [0.05, 0.1) is 19.5 Å². The largest absolute Gasteiger partial charge is 0.420 e. The number of aliphatic hydroxyl groups is 1. The standard InChI is InChI=1S/C10H11F3N2O4S2/c11-10(12,13)9(17)4-15(5-9)7(16)3-6-1-2-8(20-6)21(14,18)19/h1-2,17H,3-5H2,(H2,14,18,19). The molecule has 1 aliphatic rings. The number of likely N-dealkylation sites (tertiary alicyclic amines) is 1. The number of hydrogen-bond acceptors (Lipinski definition) is 5. The van der Waals surface area contributed by atoms with Crippen LogP contribution in [0.15, 0.2) is 16.3 Å². The highest BCUT2D eigenvalue weighted by atomic mass is 32.2. The number of alkyl halides is 3. The Morgan fingerprint density at radius 3 is 2.43 bits per heavy atom. The highest BCUT2D eigenvalue weighted by Gasteiger charge is 2.61. The van der Waals surface area contributed by atoms with Gasteiger partial charge in [-0.15, -0.1) is 11.3 Å². The molecule has 0 bridgehead atoms. The first-order valence-electron chi connectivity index (χ1n) is 5.61. The molecule has 1 aromatic heterocycles. The summed E-state index contributed by atoms with van der Waals surface area (Å²) in [6, 6.07) is 2.60. The maximum Gasteiger partial charge on any atom is 0.420 e. The number of amides is 1. The monoisotopic (exact) mass is 344 g/mol. The van der Waals surface area contributed by atoms with E-state index in [0.717, 1.165) is 16.2 Å². The number of nitrogens with two attached hydrogens (primary N) is 1. The van der Waals surface area contributed by atoms with Gasteiger partial charge in [-0.2, -0.15) is 13.2 Å². The smallest absolute Gasteiger partial charge is 0.378 e. The summed E-state index contributed by atoms with van der Waals surface area (Å²) in [4.78, 5) is 13.0. The van der Waals surface area contributed by atoms with Crippen LogP contribution in [0.25, 0.3) is 0 Å². The molecule has 1 saturated heterocycles. The minimum Gasteiger partial charge on any atom is -0.378 e. The van der Waals surface area contributed by atoms with Crippen molar-refractivity contribution in [2.24, 2.45) is 5.14 Å². The summed E-state index contributed by atoms with van der Waals surface area (Å²) in [6.07, 6.45) is -5.03. The summed E-state index contributed by atoms with van der Waals surface area (Å²) in [7, 11) is -3.86. The zero-order chi connectivity index (χ0) is 16.1. The third-order valence-electron chi connectivity index (χ3n) is 3.03. The number of β-amino-alcohol motifs (C(OH)–C–C–N with tert-alkyl or cyclic N) is 1. The molecule has 1 aliphatic heterocycles. The van der Waals surface area contributed by atoms with Crippen molar-refractivity contribution in [3.63, 3.8) is 0 Å². The third-order valence-corrected chi connectivity index (χ3v) is 5.55. The molecule has 3 N–H and O–H groups in total. The second-order valence-electron chi connectivity index (χ2n) is 4.72. The molecule has 118 valence electrons. The van der Waals surface area contributed by atoms with E-state index >= 15 is 0 Å². The number of thiophene rings is 1. The van der Waals surface area contributed by atoms with Gasteiger partial charge >= 0.3 is 6.18 Å². The van der Waals surface area contributed by atoms with Crippen molar-refractivity contribution in [1.82, 2.24) is 4.90 Å². The first kappa shape index (κ1) is 16.2. The van der Waals surface area contributed by atoms with Crippen molar-refractivity contribution in [3.8, 4) is 0 Å². The number of sulfonamides is 1. The number of rotatable bonds is 3. The van der Waals surface area contributed by atoms with Gasteiger partial charge in [-0.25, -0.2) is 13.6 Å². The number of carbonyl (C=O) groups excluding carboxylic acids is 1. The van der Waals surface area contributed by atoms with Crippen molar-refractivity contribution in [3.05, 3.63) is 17.0 Å². The van der Waals surface area contributed by atoms with Crippen LogP contribution < -0.4 is 5.14 Å². The van der Waals surface area contributed by atoms with Gasteiger partial charge in [-0.05, 0) is 12.1 Å². The average molecular weight is 344 g/mol. The van der Waals surface area contributed by atoms with E-state index in [0.29, 0.717) is 4.88 Å². The molecule has 1 fully saturated rings. The molecule has 0 radical (unpaired) electrons. The molecule has 0 aliphatic carbocycles. The van der Waals surface area contributed by atoms with E-state index in [1.165, 1.54) is 12.1 Å². The predicted molar refractivity (Wildman–Crippen MR) is 67.0 cm³/mol. The fraction of sp³-hybridized carbons (Fsp3) is 0.500. The Morgan fingerprint density at radius 2 is 2.00 bits per heavy atom. The maximum atomic E-state index is 12.4. The van der Waals surface area contributed by atoms with Crippen LogP contribution in [0.3, 0.4) is 0 Å². The molecule has 2 heterocycles. The number of nitrogens with zero attached hydrogens (tertiary/aromatic N) is 1. The van der Waals surface area contributed by atoms with Crippen LogP contribution in [-0.4, -0.2) is 49.2 Å². The lowest BCUT2D eigenvalue weighted by atomic mass is 9.93. The molecule has 11 heteroatoms. The summed E-state index contributed by atoms with van der Waals surface area (Å²) in [6.45, 7) is -1.63. The van der Waals surface area contributed by atoms with Gasteiger partial charge in [0.15, 0.2) is 5.60 Å². The first-order chi connectivity index (χ1) is 9.42. The van der Waals surface area contributed by atoms with E-state index in [-0.39, 0.29) is 10.6 Å². The molecule has 0 atom stereocenters. The number of primary sulfonamides is 1. The number of halogens is 3. The summed E-state index contributed by atoms with van der Waals surface area (Å²) < 4.78 is 59.3. The normalized spacial score (nSPS) is 18.4. The number of carbonyl (C=O) groups is 1. The highest BCUT2D eigenvalue weighted by Crippen LogP contribution is 2.38. The van der Waals surface area contributed by atoms with E-state index in [1.807, 2.05) is 0 Å². The van der Waals surface area contributed by atoms with E-state index < -0.39 is 40.8 Å². The lowest BCUT2D eigenvalue weighted by molar-refractivity contribution is -0.297. The molecule has 1 aromatic rings. The fourth-order valence-electron chi connectivity index (χ4n) is 1.81. The lowest BCUT2D eigenvalue weighted by Gasteiger charge is -2.46. The van der Waals surface area contributed by atoms with Gasteiger partial charge in [0, 0.05) is 4.88 Å². The van der Waals surface area contributed by atoms with Crippen LogP contribution in [0.4, 0.5) is 13.2 Å². The minimum atomic E-state index is -4.78. The van der Waals surface area contributed by atoms with Gasteiger partial charge < -0.3 is 10.0 Å². The van der Waals surface area contributed by atoms with E-state index in [1.54, 1.807) is 0 Å². The van der Waals surface area contributed by atoms with Crippen LogP contribution in [-0.2, 0) is 21.2 Å². The minimum absolute atomic E-state index is 0.124. The molecule has 0 saturated carbocycles. The molecule has 2 rings (SSSR count). The second kappa shape index (κ2) is 4.93. The highest BCUT2D eigenvalue weighted by molar-refractivity contribution is 7.91. The van der Waals surface area contributed by atoms with Crippen LogP contribution in [0.5, 0.6) is 0 Å². The molecule has 6 nitrogen and oxygen atoms in total. The Bertz CT molecular complexity index is 662. The van der Waals surface area contributed by atoms with Crippen LogP contribution >= 0.6 is 11.3 Å². The Kier molecular flexibility index (Phi) is 3.81. The van der Waals surface area contributed by atoms with E-state index in [4.69, 9.17) is 5.14 Å². The van der Waals surface area contributed by atoms with Gasteiger partial charge in [0.25, 0.3) is 0 Å². The van der Waals surface area contributed by atoms with Crippen molar-refractivity contribution < 1.29 is 31.5 Å². The van der Waals surface area contributed by atoms with Crippen molar-refractivity contribution in [2.75, 3.05) is 13.1 Å². The van der Waals surface area contributed by atoms with Crippen LogP contribution in [0.1, 0.15) is 4.88 Å².